The van der Waals surface area contributed by atoms with Gasteiger partial charge in [-0.15, -0.1) is 0 Å². The van der Waals surface area contributed by atoms with Gasteiger partial charge in [-0.25, -0.2) is 0 Å². The van der Waals surface area contributed by atoms with Crippen molar-refractivity contribution in [2.75, 3.05) is 18.5 Å². The van der Waals surface area contributed by atoms with Gasteiger partial charge in [0, 0.05) is 25.3 Å². The zero-order valence-corrected chi connectivity index (χ0v) is 9.61. The van der Waals surface area contributed by atoms with Crippen LogP contribution in [0.15, 0.2) is 24.3 Å². The summed E-state index contributed by atoms with van der Waals surface area (Å²) in [6.45, 7) is 3.27. The van der Waals surface area contributed by atoms with Gasteiger partial charge in [0.25, 0.3) is 0 Å². The fourth-order valence-electron chi connectivity index (χ4n) is 2.29. The molecule has 1 aliphatic carbocycles. The molecule has 1 saturated carbocycles. The van der Waals surface area contributed by atoms with Gasteiger partial charge in [-0.2, -0.15) is 0 Å². The van der Waals surface area contributed by atoms with Gasteiger partial charge in [-0.1, -0.05) is 12.1 Å². The summed E-state index contributed by atoms with van der Waals surface area (Å²) in [5.74, 6) is 0.797. The van der Waals surface area contributed by atoms with E-state index < -0.39 is 0 Å². The number of benzene rings is 1. The average molecular weight is 204 g/mol. The summed E-state index contributed by atoms with van der Waals surface area (Å²) >= 11 is 0. The first-order valence-electron chi connectivity index (χ1n) is 5.68. The number of rotatable bonds is 3. The van der Waals surface area contributed by atoms with E-state index >= 15 is 0 Å². The second kappa shape index (κ2) is 4.23. The first-order valence-corrected chi connectivity index (χ1v) is 5.68. The smallest absolute Gasteiger partial charge is 0.0366 e. The third-order valence-electron chi connectivity index (χ3n) is 3.25. The normalized spacial score (nSPS) is 24.7. The second-order valence-electron chi connectivity index (χ2n) is 4.82. The molecular weight excluding hydrogens is 184 g/mol. The topological polar surface area (TPSA) is 29.3 Å². The van der Waals surface area contributed by atoms with E-state index in [-0.39, 0.29) is 0 Å². The molecule has 82 valence electrons. The Labute approximate surface area is 92.1 Å². The fraction of sp³-hybridized carbons (Fsp3) is 0.538. The van der Waals surface area contributed by atoms with Gasteiger partial charge in [0.15, 0.2) is 0 Å². The van der Waals surface area contributed by atoms with Crippen LogP contribution >= 0.6 is 0 Å². The number of hydrogen-bond donors (Lipinski definition) is 1. The minimum Gasteiger partial charge on any atom is -0.374 e. The van der Waals surface area contributed by atoms with Crippen LogP contribution in [-0.2, 0) is 0 Å². The highest BCUT2D eigenvalue weighted by atomic mass is 15.1. The fourth-order valence-corrected chi connectivity index (χ4v) is 2.29. The molecule has 0 spiro atoms. The molecule has 0 atom stereocenters. The Morgan fingerprint density at radius 2 is 2.13 bits per heavy atom. The summed E-state index contributed by atoms with van der Waals surface area (Å²) in [7, 11) is 2.17. The zero-order valence-electron chi connectivity index (χ0n) is 9.61. The molecule has 0 radical (unpaired) electrons. The van der Waals surface area contributed by atoms with E-state index in [1.165, 1.54) is 24.1 Å². The molecule has 2 N–H and O–H groups in total. The molecule has 0 aliphatic heterocycles. The standard InChI is InChI=1S/C13H20N2/c1-10-4-3-5-13(6-10)15(2)9-11-7-12(14)8-11/h3-6,11-12H,7-9,14H2,1-2H3. The summed E-state index contributed by atoms with van der Waals surface area (Å²) in [6.07, 6.45) is 2.38. The second-order valence-corrected chi connectivity index (χ2v) is 4.82. The van der Waals surface area contributed by atoms with Crippen molar-refractivity contribution in [2.24, 2.45) is 11.7 Å². The van der Waals surface area contributed by atoms with Crippen molar-refractivity contribution in [2.45, 2.75) is 25.8 Å². The highest BCUT2D eigenvalue weighted by molar-refractivity contribution is 5.47. The summed E-state index contributed by atoms with van der Waals surface area (Å²) in [4.78, 5) is 2.34. The molecule has 0 aromatic heterocycles. The Hall–Kier alpha value is -1.02. The Bertz CT molecular complexity index is 329. The quantitative estimate of drug-likeness (QED) is 0.817. The van der Waals surface area contributed by atoms with E-state index in [0.717, 1.165) is 12.5 Å². The molecular formula is C13H20N2. The summed E-state index contributed by atoms with van der Waals surface area (Å²) in [5, 5.41) is 0. The molecule has 2 rings (SSSR count). The van der Waals surface area contributed by atoms with Crippen molar-refractivity contribution in [3.8, 4) is 0 Å². The minimum atomic E-state index is 0.459. The van der Waals surface area contributed by atoms with Gasteiger partial charge in [0.2, 0.25) is 0 Å². The van der Waals surface area contributed by atoms with Gasteiger partial charge in [-0.05, 0) is 43.4 Å². The maximum absolute atomic E-state index is 5.79. The third-order valence-corrected chi connectivity index (χ3v) is 3.25. The van der Waals surface area contributed by atoms with Crippen LogP contribution < -0.4 is 10.6 Å². The monoisotopic (exact) mass is 204 g/mol. The lowest BCUT2D eigenvalue weighted by Gasteiger charge is -2.36. The maximum Gasteiger partial charge on any atom is 0.0366 e. The molecule has 0 saturated heterocycles. The van der Waals surface area contributed by atoms with Gasteiger partial charge in [0.05, 0.1) is 0 Å². The summed E-state index contributed by atoms with van der Waals surface area (Å²) in [5.41, 5.74) is 8.43. The molecule has 2 nitrogen and oxygen atoms in total. The number of nitrogens with zero attached hydrogens (tertiary/aromatic N) is 1. The molecule has 1 aliphatic rings. The van der Waals surface area contributed by atoms with Crippen LogP contribution in [0.5, 0.6) is 0 Å². The minimum absolute atomic E-state index is 0.459. The molecule has 1 fully saturated rings. The SMILES string of the molecule is Cc1cccc(N(C)CC2CC(N)C2)c1. The molecule has 1 aromatic carbocycles. The van der Waals surface area contributed by atoms with E-state index in [0.29, 0.717) is 6.04 Å². The molecule has 0 unspecified atom stereocenters. The predicted octanol–water partition coefficient (Wildman–Crippen LogP) is 2.17. The van der Waals surface area contributed by atoms with Gasteiger partial charge in [0.1, 0.15) is 0 Å². The van der Waals surface area contributed by atoms with Crippen molar-refractivity contribution >= 4 is 5.69 Å². The number of nitrogens with two attached hydrogens (primary N) is 1. The predicted molar refractivity (Wildman–Crippen MR) is 65.1 cm³/mol. The lowest BCUT2D eigenvalue weighted by molar-refractivity contribution is 0.271. The molecule has 1 aromatic rings. The van der Waals surface area contributed by atoms with E-state index in [4.69, 9.17) is 5.73 Å². The average Bonchev–Trinajstić information content (AvgIpc) is 2.15. The van der Waals surface area contributed by atoms with Crippen LogP contribution in [0.3, 0.4) is 0 Å². The van der Waals surface area contributed by atoms with Crippen molar-refractivity contribution in [3.63, 3.8) is 0 Å². The van der Waals surface area contributed by atoms with E-state index in [2.05, 4.69) is 43.1 Å². The van der Waals surface area contributed by atoms with Crippen LogP contribution in [-0.4, -0.2) is 19.6 Å². The number of hydrogen-bond acceptors (Lipinski definition) is 2. The first-order chi connectivity index (χ1) is 7.15. The Morgan fingerprint density at radius 3 is 2.73 bits per heavy atom. The van der Waals surface area contributed by atoms with Crippen molar-refractivity contribution < 1.29 is 0 Å². The van der Waals surface area contributed by atoms with E-state index in [1.807, 2.05) is 0 Å². The summed E-state index contributed by atoms with van der Waals surface area (Å²) < 4.78 is 0. The Balaban J connectivity index is 1.93. The highest BCUT2D eigenvalue weighted by Gasteiger charge is 2.26. The third kappa shape index (κ3) is 2.51. The Kier molecular flexibility index (Phi) is 2.96. The lowest BCUT2D eigenvalue weighted by atomic mass is 9.80. The Morgan fingerprint density at radius 1 is 1.40 bits per heavy atom. The van der Waals surface area contributed by atoms with E-state index in [9.17, 15) is 0 Å². The summed E-state index contributed by atoms with van der Waals surface area (Å²) in [6, 6.07) is 9.12. The lowest BCUT2D eigenvalue weighted by Crippen LogP contribution is -2.41. The molecule has 0 heterocycles. The number of anilines is 1. The molecule has 0 bridgehead atoms. The van der Waals surface area contributed by atoms with Crippen molar-refractivity contribution in [1.29, 1.82) is 0 Å². The van der Waals surface area contributed by atoms with Crippen LogP contribution in [0.4, 0.5) is 5.69 Å². The van der Waals surface area contributed by atoms with Crippen LogP contribution in [0.1, 0.15) is 18.4 Å². The van der Waals surface area contributed by atoms with Crippen LogP contribution in [0.2, 0.25) is 0 Å². The van der Waals surface area contributed by atoms with Crippen molar-refractivity contribution in [3.05, 3.63) is 29.8 Å². The molecule has 15 heavy (non-hydrogen) atoms. The highest BCUT2D eigenvalue weighted by Crippen LogP contribution is 2.27. The van der Waals surface area contributed by atoms with Crippen LogP contribution in [0.25, 0.3) is 0 Å². The van der Waals surface area contributed by atoms with Crippen molar-refractivity contribution in [1.82, 2.24) is 0 Å². The zero-order chi connectivity index (χ0) is 10.8. The van der Waals surface area contributed by atoms with Gasteiger partial charge in [-0.3, -0.25) is 0 Å². The van der Waals surface area contributed by atoms with Crippen LogP contribution in [0, 0.1) is 12.8 Å². The largest absolute Gasteiger partial charge is 0.374 e. The number of aryl methyl sites for hydroxylation is 1. The van der Waals surface area contributed by atoms with Gasteiger partial charge < -0.3 is 10.6 Å². The molecule has 0 amide bonds. The maximum atomic E-state index is 5.79. The molecule has 2 heteroatoms. The first kappa shape index (κ1) is 10.5. The van der Waals surface area contributed by atoms with Gasteiger partial charge >= 0.3 is 0 Å². The van der Waals surface area contributed by atoms with E-state index in [1.54, 1.807) is 0 Å².